The monoisotopic (exact) mass is 548 g/mol. The average molecular weight is 549 g/mol. The van der Waals surface area contributed by atoms with Crippen LogP contribution in [0.1, 0.15) is 32.9 Å². The summed E-state index contributed by atoms with van der Waals surface area (Å²) >= 11 is 0. The van der Waals surface area contributed by atoms with Crippen molar-refractivity contribution in [1.29, 1.82) is 0 Å². The van der Waals surface area contributed by atoms with Crippen molar-refractivity contribution in [2.24, 2.45) is 12.0 Å². The molecule has 5 aromatic rings. The van der Waals surface area contributed by atoms with Gasteiger partial charge in [-0.1, -0.05) is 18.2 Å². The van der Waals surface area contributed by atoms with Gasteiger partial charge >= 0.3 is 0 Å². The summed E-state index contributed by atoms with van der Waals surface area (Å²) in [5.41, 5.74) is 7.60. The molecule has 9 nitrogen and oxygen atoms in total. The largest absolute Gasteiger partial charge is 0.494 e. The molecule has 0 radical (unpaired) electrons. The third-order valence-electron chi connectivity index (χ3n) is 7.28. The van der Waals surface area contributed by atoms with Crippen LogP contribution in [0.5, 0.6) is 5.88 Å². The highest BCUT2D eigenvalue weighted by molar-refractivity contribution is 6.03. The quantitative estimate of drug-likeness (QED) is 0.238. The van der Waals surface area contributed by atoms with Gasteiger partial charge in [0.15, 0.2) is 5.88 Å². The molecule has 0 bridgehead atoms. The summed E-state index contributed by atoms with van der Waals surface area (Å²) in [4.78, 5) is 22.7. The molecule has 0 atom stereocenters. The van der Waals surface area contributed by atoms with E-state index in [-0.39, 0.29) is 11.8 Å². The van der Waals surface area contributed by atoms with Crippen molar-refractivity contribution in [1.82, 2.24) is 14.8 Å². The van der Waals surface area contributed by atoms with Crippen molar-refractivity contribution in [3.63, 3.8) is 0 Å². The van der Waals surface area contributed by atoms with Crippen LogP contribution in [0.25, 0.3) is 10.9 Å². The van der Waals surface area contributed by atoms with E-state index >= 15 is 0 Å². The molecule has 3 aromatic carbocycles. The first kappa shape index (κ1) is 26.3. The number of ether oxygens (including phenoxy) is 1. The molecule has 0 saturated carbocycles. The highest BCUT2D eigenvalue weighted by Crippen LogP contribution is 2.29. The van der Waals surface area contributed by atoms with E-state index in [1.165, 1.54) is 0 Å². The number of aromatic amines is 1. The highest BCUT2D eigenvalue weighted by atomic mass is 16.5. The zero-order valence-electron chi connectivity index (χ0n) is 23.1. The zero-order chi connectivity index (χ0) is 28.3. The van der Waals surface area contributed by atoms with Gasteiger partial charge in [0.1, 0.15) is 5.69 Å². The Morgan fingerprint density at radius 1 is 1.07 bits per heavy atom. The van der Waals surface area contributed by atoms with Crippen LogP contribution in [0.3, 0.4) is 0 Å². The number of H-pyrrole nitrogens is 1. The second kappa shape index (κ2) is 11.3. The second-order valence-corrected chi connectivity index (χ2v) is 10.3. The molecule has 0 spiro atoms. The Bertz CT molecular complexity index is 1730. The fourth-order valence-electron chi connectivity index (χ4n) is 5.21. The number of aliphatic imine (C=N–C) groups is 1. The lowest BCUT2D eigenvalue weighted by Gasteiger charge is -2.28. The number of carbonyl (C=O) groups excluding carboxylic acids is 1. The maximum atomic E-state index is 12.7. The highest BCUT2D eigenvalue weighted by Gasteiger charge is 2.14. The number of hydrogen-bond acceptors (Lipinski definition) is 6. The van der Waals surface area contributed by atoms with E-state index in [2.05, 4.69) is 43.5 Å². The third-order valence-corrected chi connectivity index (χ3v) is 7.28. The third kappa shape index (κ3) is 5.85. The van der Waals surface area contributed by atoms with E-state index in [1.54, 1.807) is 24.0 Å². The molecule has 1 saturated heterocycles. The molecule has 1 amide bonds. The van der Waals surface area contributed by atoms with Crippen LogP contribution in [0.15, 0.2) is 77.8 Å². The summed E-state index contributed by atoms with van der Waals surface area (Å²) in [6.45, 7) is 5.13. The summed E-state index contributed by atoms with van der Waals surface area (Å²) in [6.07, 6.45) is 2.37. The number of benzene rings is 3. The van der Waals surface area contributed by atoms with Crippen LogP contribution in [-0.2, 0) is 18.2 Å². The van der Waals surface area contributed by atoms with Crippen LogP contribution in [0.2, 0.25) is 0 Å². The number of fused-ring (bicyclic) bond motifs is 1. The van der Waals surface area contributed by atoms with Crippen LogP contribution >= 0.6 is 0 Å². The van der Waals surface area contributed by atoms with Gasteiger partial charge in [-0.2, -0.15) is 5.10 Å². The van der Waals surface area contributed by atoms with Crippen molar-refractivity contribution in [2.45, 2.75) is 13.3 Å². The van der Waals surface area contributed by atoms with Gasteiger partial charge in [0.05, 0.1) is 30.2 Å². The van der Waals surface area contributed by atoms with Gasteiger partial charge in [0.25, 0.3) is 5.91 Å². The Morgan fingerprint density at radius 3 is 2.61 bits per heavy atom. The molecule has 1 aliphatic heterocycles. The summed E-state index contributed by atoms with van der Waals surface area (Å²) in [5.74, 6) is -0.116. The Balaban J connectivity index is 1.18. The first-order chi connectivity index (χ1) is 19.9. The Hall–Kier alpha value is -4.89. The predicted octanol–water partition coefficient (Wildman–Crippen LogP) is 5.35. The Morgan fingerprint density at radius 2 is 1.85 bits per heavy atom. The van der Waals surface area contributed by atoms with E-state index in [0.717, 1.165) is 71.1 Å². The first-order valence-corrected chi connectivity index (χ1v) is 13.6. The molecule has 2 aromatic heterocycles. The Kier molecular flexibility index (Phi) is 7.26. The number of aromatic nitrogens is 3. The lowest BCUT2D eigenvalue weighted by atomic mass is 10.0. The SMILES string of the molecule is Cc1cc(C(=O)Nc2cccc(Cc3ccc4[nH]c(O)c(C=Nc5ccc(N6CCOCC6)cc5)c4c3)c2)n(C)n1. The second-order valence-electron chi connectivity index (χ2n) is 10.3. The topological polar surface area (TPSA) is 108 Å². The van der Waals surface area contributed by atoms with E-state index in [0.29, 0.717) is 17.7 Å². The van der Waals surface area contributed by atoms with Crippen molar-refractivity contribution in [3.8, 4) is 5.88 Å². The van der Waals surface area contributed by atoms with Gasteiger partial charge in [0, 0.05) is 48.6 Å². The number of rotatable bonds is 7. The molecule has 208 valence electrons. The van der Waals surface area contributed by atoms with Gasteiger partial charge in [0.2, 0.25) is 0 Å². The number of anilines is 2. The molecule has 9 heteroatoms. The lowest BCUT2D eigenvalue weighted by Crippen LogP contribution is -2.36. The molecular weight excluding hydrogens is 516 g/mol. The number of aryl methyl sites for hydroxylation is 2. The minimum atomic E-state index is -0.200. The van der Waals surface area contributed by atoms with Crippen LogP contribution in [-0.4, -0.2) is 58.3 Å². The van der Waals surface area contributed by atoms with Gasteiger partial charge < -0.3 is 25.0 Å². The number of amides is 1. The number of hydrogen-bond donors (Lipinski definition) is 3. The van der Waals surface area contributed by atoms with Gasteiger partial charge in [-0.3, -0.25) is 14.5 Å². The standard InChI is InChI=1S/C32H32N6O3/c1-21-16-30(37(2)36-21)32(40)34-25-5-3-4-22(18-25)17-23-6-11-29-27(19-23)28(31(39)35-29)20-33-24-7-9-26(10-8-24)38-12-14-41-15-13-38/h3-11,16,18-20,35,39H,12-15,17H2,1-2H3,(H,34,40). The smallest absolute Gasteiger partial charge is 0.273 e. The average Bonchev–Trinajstić information content (AvgIpc) is 3.49. The van der Waals surface area contributed by atoms with E-state index in [1.807, 2.05) is 55.5 Å². The molecule has 6 rings (SSSR count). The van der Waals surface area contributed by atoms with Gasteiger partial charge in [-0.25, -0.2) is 0 Å². The minimum absolute atomic E-state index is 0.0842. The number of carbonyl (C=O) groups is 1. The van der Waals surface area contributed by atoms with E-state index in [4.69, 9.17) is 4.74 Å². The van der Waals surface area contributed by atoms with Crippen molar-refractivity contribution in [3.05, 3.63) is 101 Å². The maximum absolute atomic E-state index is 12.7. The fourth-order valence-corrected chi connectivity index (χ4v) is 5.21. The van der Waals surface area contributed by atoms with Gasteiger partial charge in [-0.15, -0.1) is 0 Å². The molecule has 1 aliphatic rings. The summed E-state index contributed by atoms with van der Waals surface area (Å²) < 4.78 is 7.02. The number of nitrogens with zero attached hydrogens (tertiary/aromatic N) is 4. The van der Waals surface area contributed by atoms with Crippen LogP contribution < -0.4 is 10.2 Å². The van der Waals surface area contributed by atoms with Crippen molar-refractivity contribution in [2.75, 3.05) is 36.5 Å². The summed E-state index contributed by atoms with van der Waals surface area (Å²) in [7, 11) is 1.76. The normalized spacial score (nSPS) is 13.8. The van der Waals surface area contributed by atoms with E-state index in [9.17, 15) is 9.90 Å². The number of morpholine rings is 1. The fraction of sp³-hybridized carbons (Fsp3) is 0.219. The van der Waals surface area contributed by atoms with E-state index < -0.39 is 0 Å². The molecule has 0 unspecified atom stereocenters. The Labute approximate surface area is 238 Å². The first-order valence-electron chi connectivity index (χ1n) is 13.6. The minimum Gasteiger partial charge on any atom is -0.494 e. The summed E-state index contributed by atoms with van der Waals surface area (Å²) in [6, 6.07) is 23.8. The maximum Gasteiger partial charge on any atom is 0.273 e. The molecule has 1 fully saturated rings. The van der Waals surface area contributed by atoms with Crippen LogP contribution in [0.4, 0.5) is 17.1 Å². The molecule has 3 heterocycles. The lowest BCUT2D eigenvalue weighted by molar-refractivity contribution is 0.101. The molecule has 41 heavy (non-hydrogen) atoms. The van der Waals surface area contributed by atoms with Crippen LogP contribution in [0, 0.1) is 6.92 Å². The molecule has 0 aliphatic carbocycles. The van der Waals surface area contributed by atoms with Gasteiger partial charge in [-0.05, 0) is 79.1 Å². The number of aromatic hydroxyl groups is 1. The molecule has 3 N–H and O–H groups in total. The van der Waals surface area contributed by atoms with Crippen molar-refractivity contribution < 1.29 is 14.6 Å². The molecular formula is C32H32N6O3. The predicted molar refractivity (Wildman–Crippen MR) is 162 cm³/mol. The summed E-state index contributed by atoms with van der Waals surface area (Å²) in [5, 5.41) is 18.7. The van der Waals surface area contributed by atoms with Crippen molar-refractivity contribution >= 4 is 40.1 Å². The number of nitrogens with one attached hydrogen (secondary N) is 2. The zero-order valence-corrected chi connectivity index (χ0v) is 23.1.